The molecule has 0 saturated carbocycles. The van der Waals surface area contributed by atoms with Crippen LogP contribution in [0.2, 0.25) is 0 Å². The molecule has 1 N–H and O–H groups in total. The average molecular weight is 314 g/mol. The third-order valence-electron chi connectivity index (χ3n) is 2.78. The summed E-state index contributed by atoms with van der Waals surface area (Å²) in [6, 6.07) is 4.54. The summed E-state index contributed by atoms with van der Waals surface area (Å²) in [5.74, 6) is -0.741. The second-order valence-corrected chi connectivity index (χ2v) is 7.53. The van der Waals surface area contributed by atoms with Gasteiger partial charge in [-0.05, 0) is 18.1 Å². The van der Waals surface area contributed by atoms with Crippen LogP contribution in [-0.2, 0) is 16.6 Å². The van der Waals surface area contributed by atoms with Crippen molar-refractivity contribution in [2.24, 2.45) is 5.92 Å². The van der Waals surface area contributed by atoms with E-state index in [-0.39, 0.29) is 16.5 Å². The van der Waals surface area contributed by atoms with Gasteiger partial charge in [-0.2, -0.15) is 0 Å². The zero-order valence-electron chi connectivity index (χ0n) is 11.2. The van der Waals surface area contributed by atoms with Crippen LogP contribution in [0.1, 0.15) is 29.1 Å². The molecule has 0 aliphatic heterocycles. The Bertz CT molecular complexity index is 676. The molecule has 1 aromatic heterocycles. The summed E-state index contributed by atoms with van der Waals surface area (Å²) in [4.78, 5) is 11.4. The van der Waals surface area contributed by atoms with Gasteiger partial charge in [0.2, 0.25) is 0 Å². The first-order valence-electron chi connectivity index (χ1n) is 6.18. The van der Waals surface area contributed by atoms with Crippen molar-refractivity contribution >= 4 is 38.2 Å². The largest absolute Gasteiger partial charge is 0.477 e. The molecular formula is C14H15FO3S2. The highest BCUT2D eigenvalue weighted by atomic mass is 32.2. The number of halogens is 1. The van der Waals surface area contributed by atoms with Crippen molar-refractivity contribution in [1.82, 2.24) is 0 Å². The molecule has 0 amide bonds. The van der Waals surface area contributed by atoms with Crippen molar-refractivity contribution in [2.75, 3.05) is 5.75 Å². The van der Waals surface area contributed by atoms with Crippen molar-refractivity contribution in [3.63, 3.8) is 0 Å². The molecule has 1 atom stereocenters. The Morgan fingerprint density at radius 1 is 1.45 bits per heavy atom. The highest BCUT2D eigenvalue weighted by Gasteiger charge is 2.21. The van der Waals surface area contributed by atoms with Crippen LogP contribution in [0.25, 0.3) is 10.1 Å². The zero-order valence-corrected chi connectivity index (χ0v) is 12.8. The number of carboxylic acids is 1. The van der Waals surface area contributed by atoms with Gasteiger partial charge in [0.1, 0.15) is 10.7 Å². The smallest absolute Gasteiger partial charge is 0.346 e. The molecule has 1 aromatic carbocycles. The molecule has 0 aliphatic rings. The lowest BCUT2D eigenvalue weighted by Crippen LogP contribution is -2.09. The van der Waals surface area contributed by atoms with E-state index < -0.39 is 22.6 Å². The first kappa shape index (κ1) is 15.1. The number of aromatic carboxylic acids is 1. The monoisotopic (exact) mass is 314 g/mol. The predicted octanol–water partition coefficient (Wildman–Crippen LogP) is 3.64. The number of benzene rings is 1. The fourth-order valence-corrected chi connectivity index (χ4v) is 4.71. The maximum atomic E-state index is 14.0. The number of thiophene rings is 1. The molecule has 0 radical (unpaired) electrons. The van der Waals surface area contributed by atoms with E-state index >= 15 is 0 Å². The van der Waals surface area contributed by atoms with Crippen LogP contribution >= 0.6 is 11.3 Å². The topological polar surface area (TPSA) is 54.4 Å². The Labute approximate surface area is 122 Å². The Hall–Kier alpha value is -1.27. The number of rotatable bonds is 5. The number of hydrogen-bond acceptors (Lipinski definition) is 3. The lowest BCUT2D eigenvalue weighted by atomic mass is 10.1. The fraction of sp³-hybridized carbons (Fsp3) is 0.357. The second kappa shape index (κ2) is 6.01. The minimum Gasteiger partial charge on any atom is -0.477 e. The zero-order chi connectivity index (χ0) is 14.9. The molecule has 0 spiro atoms. The number of carboxylic acid groups (broad SMARTS) is 1. The molecular weight excluding hydrogens is 299 g/mol. The summed E-state index contributed by atoms with van der Waals surface area (Å²) >= 11 is 1.03. The van der Waals surface area contributed by atoms with E-state index in [2.05, 4.69) is 0 Å². The minimum absolute atomic E-state index is 0.0841. The van der Waals surface area contributed by atoms with Crippen LogP contribution in [0, 0.1) is 11.7 Å². The summed E-state index contributed by atoms with van der Waals surface area (Å²) in [5, 5.41) is 9.54. The third-order valence-corrected chi connectivity index (χ3v) is 5.62. The van der Waals surface area contributed by atoms with Crippen LogP contribution in [0.5, 0.6) is 0 Å². The second-order valence-electron chi connectivity index (χ2n) is 4.97. The summed E-state index contributed by atoms with van der Waals surface area (Å²) in [6.45, 7) is 3.89. The van der Waals surface area contributed by atoms with Crippen molar-refractivity contribution in [3.05, 3.63) is 34.5 Å². The Morgan fingerprint density at radius 3 is 2.75 bits per heavy atom. The van der Waals surface area contributed by atoms with E-state index in [0.29, 0.717) is 21.4 Å². The van der Waals surface area contributed by atoms with Gasteiger partial charge in [0.25, 0.3) is 0 Å². The van der Waals surface area contributed by atoms with Crippen molar-refractivity contribution in [2.45, 2.75) is 19.6 Å². The van der Waals surface area contributed by atoms with E-state index in [1.165, 1.54) is 6.07 Å². The average Bonchev–Trinajstić information content (AvgIpc) is 2.68. The predicted molar refractivity (Wildman–Crippen MR) is 80.3 cm³/mol. The van der Waals surface area contributed by atoms with Gasteiger partial charge in [0.15, 0.2) is 0 Å². The standard InChI is InChI=1S/C14H15FO3S2/c1-8(2)6-20(18)7-9-12-10(15)4-3-5-11(12)19-13(9)14(16)17/h3-5,8H,6-7H2,1-2H3,(H,16,17). The summed E-state index contributed by atoms with van der Waals surface area (Å²) in [7, 11) is -1.19. The van der Waals surface area contributed by atoms with Crippen LogP contribution < -0.4 is 0 Å². The van der Waals surface area contributed by atoms with E-state index in [9.17, 15) is 18.5 Å². The Morgan fingerprint density at radius 2 is 2.15 bits per heavy atom. The van der Waals surface area contributed by atoms with Gasteiger partial charge in [-0.15, -0.1) is 11.3 Å². The van der Waals surface area contributed by atoms with Gasteiger partial charge in [-0.25, -0.2) is 9.18 Å². The van der Waals surface area contributed by atoms with E-state index in [1.54, 1.807) is 12.1 Å². The molecule has 6 heteroatoms. The van der Waals surface area contributed by atoms with Crippen molar-refractivity contribution in [1.29, 1.82) is 0 Å². The SMILES string of the molecule is CC(C)CS(=O)Cc1c(C(=O)O)sc2cccc(F)c12. The number of fused-ring (bicyclic) bond motifs is 1. The van der Waals surface area contributed by atoms with Crippen LogP contribution in [-0.4, -0.2) is 21.0 Å². The Balaban J connectivity index is 2.51. The molecule has 1 unspecified atom stereocenters. The lowest BCUT2D eigenvalue weighted by Gasteiger charge is -2.06. The van der Waals surface area contributed by atoms with Gasteiger partial charge >= 0.3 is 5.97 Å². The molecule has 0 aliphatic carbocycles. The van der Waals surface area contributed by atoms with Crippen LogP contribution in [0.15, 0.2) is 18.2 Å². The first-order valence-corrected chi connectivity index (χ1v) is 8.48. The van der Waals surface area contributed by atoms with Gasteiger partial charge in [0.05, 0.1) is 5.75 Å². The van der Waals surface area contributed by atoms with Gasteiger partial charge < -0.3 is 5.11 Å². The maximum absolute atomic E-state index is 14.0. The molecule has 0 saturated heterocycles. The molecule has 20 heavy (non-hydrogen) atoms. The molecule has 3 nitrogen and oxygen atoms in total. The van der Waals surface area contributed by atoms with E-state index in [4.69, 9.17) is 0 Å². The molecule has 1 heterocycles. The number of hydrogen-bond donors (Lipinski definition) is 1. The fourth-order valence-electron chi connectivity index (χ4n) is 2.07. The molecule has 0 bridgehead atoms. The van der Waals surface area contributed by atoms with E-state index in [1.807, 2.05) is 13.8 Å². The van der Waals surface area contributed by atoms with Crippen LogP contribution in [0.3, 0.4) is 0 Å². The first-order chi connectivity index (χ1) is 9.40. The quantitative estimate of drug-likeness (QED) is 0.916. The molecule has 2 aromatic rings. The minimum atomic E-state index is -1.19. The molecule has 108 valence electrons. The summed E-state index contributed by atoms with van der Waals surface area (Å²) in [5.41, 5.74) is 0.356. The van der Waals surface area contributed by atoms with Crippen LogP contribution in [0.4, 0.5) is 4.39 Å². The lowest BCUT2D eigenvalue weighted by molar-refractivity contribution is 0.0701. The van der Waals surface area contributed by atoms with Crippen molar-refractivity contribution in [3.8, 4) is 0 Å². The normalized spacial score (nSPS) is 13.0. The number of carbonyl (C=O) groups is 1. The third kappa shape index (κ3) is 3.07. The Kier molecular flexibility index (Phi) is 4.55. The summed E-state index contributed by atoms with van der Waals surface area (Å²) < 4.78 is 26.6. The highest BCUT2D eigenvalue weighted by molar-refractivity contribution is 7.84. The maximum Gasteiger partial charge on any atom is 0.346 e. The van der Waals surface area contributed by atoms with Gasteiger partial charge in [-0.3, -0.25) is 4.21 Å². The van der Waals surface area contributed by atoms with Gasteiger partial charge in [0, 0.05) is 32.2 Å². The molecule has 2 rings (SSSR count). The highest BCUT2D eigenvalue weighted by Crippen LogP contribution is 2.34. The van der Waals surface area contributed by atoms with Gasteiger partial charge in [-0.1, -0.05) is 19.9 Å². The summed E-state index contributed by atoms with van der Waals surface area (Å²) in [6.07, 6.45) is 0. The van der Waals surface area contributed by atoms with Crippen molar-refractivity contribution < 1.29 is 18.5 Å². The van der Waals surface area contributed by atoms with E-state index in [0.717, 1.165) is 11.3 Å². The molecule has 0 fully saturated rings.